The molecule has 1 amide bonds. The van der Waals surface area contributed by atoms with Gasteiger partial charge in [0.05, 0.1) is 31.9 Å². The first-order chi connectivity index (χ1) is 21.0. The molecule has 2 aromatic carbocycles. The summed E-state index contributed by atoms with van der Waals surface area (Å²) >= 11 is 6.41. The number of fused-ring (bicyclic) bond motifs is 4. The van der Waals surface area contributed by atoms with Crippen LogP contribution in [-0.4, -0.2) is 73.0 Å². The Morgan fingerprint density at radius 1 is 1.18 bits per heavy atom. The van der Waals surface area contributed by atoms with Crippen molar-refractivity contribution in [3.05, 3.63) is 70.3 Å². The van der Waals surface area contributed by atoms with E-state index in [1.54, 1.807) is 25.2 Å². The minimum atomic E-state index is -2.18. The summed E-state index contributed by atoms with van der Waals surface area (Å²) in [6.45, 7) is 3.75. The molecule has 0 unspecified atom stereocenters. The first-order valence-corrected chi connectivity index (χ1v) is 16.1. The second-order valence-corrected chi connectivity index (χ2v) is 13.8. The summed E-state index contributed by atoms with van der Waals surface area (Å²) in [6, 6.07) is 11.2. The van der Waals surface area contributed by atoms with Crippen molar-refractivity contribution in [3.8, 4) is 5.75 Å². The first kappa shape index (κ1) is 30.9. The van der Waals surface area contributed by atoms with Gasteiger partial charge in [0.1, 0.15) is 5.75 Å². The monoisotopic (exact) mass is 622 g/mol. The molecular formula is C35H43ClN2O6. The van der Waals surface area contributed by atoms with Gasteiger partial charge in [0.2, 0.25) is 5.91 Å². The number of nitrogens with zero attached hydrogens (tertiary/aromatic N) is 2. The molecule has 44 heavy (non-hydrogen) atoms. The lowest BCUT2D eigenvalue weighted by Gasteiger charge is -2.45. The van der Waals surface area contributed by atoms with E-state index < -0.39 is 24.1 Å². The average molecular weight is 623 g/mol. The van der Waals surface area contributed by atoms with Gasteiger partial charge in [-0.3, -0.25) is 4.79 Å². The lowest BCUT2D eigenvalue weighted by atomic mass is 9.68. The summed E-state index contributed by atoms with van der Waals surface area (Å²) < 4.78 is 11.7. The van der Waals surface area contributed by atoms with Crippen molar-refractivity contribution in [2.45, 2.75) is 75.0 Å². The van der Waals surface area contributed by atoms with E-state index in [1.165, 1.54) is 23.1 Å². The average Bonchev–Trinajstić information content (AvgIpc) is 3.14. The number of aliphatic hydroxyl groups is 2. The highest BCUT2D eigenvalue weighted by Crippen LogP contribution is 2.47. The number of benzene rings is 2. The number of hydrogen-bond acceptors (Lipinski definition) is 7. The Morgan fingerprint density at radius 2 is 2.00 bits per heavy atom. The number of ether oxygens (including phenoxy) is 2. The molecule has 236 valence electrons. The molecule has 2 N–H and O–H groups in total. The second-order valence-electron chi connectivity index (χ2n) is 13.3. The number of rotatable bonds is 1. The number of carbonyl (C=O) groups is 2. The van der Waals surface area contributed by atoms with Crippen LogP contribution in [-0.2, 0) is 31.8 Å². The second kappa shape index (κ2) is 12.0. The number of esters is 1. The molecule has 2 aromatic rings. The minimum absolute atomic E-state index is 0.116. The maximum Gasteiger partial charge on any atom is 0.343 e. The number of carbonyl (C=O) groups excluding carboxylic acids is 2. The maximum atomic E-state index is 13.5. The number of anilines is 1. The molecule has 1 spiro atoms. The van der Waals surface area contributed by atoms with Crippen LogP contribution in [0.3, 0.4) is 0 Å². The highest BCUT2D eigenvalue weighted by molar-refractivity contribution is 6.30. The van der Waals surface area contributed by atoms with E-state index in [0.29, 0.717) is 31.9 Å². The third-order valence-corrected chi connectivity index (χ3v) is 10.9. The maximum absolute atomic E-state index is 13.5. The highest BCUT2D eigenvalue weighted by Gasteiger charge is 2.46. The fourth-order valence-electron chi connectivity index (χ4n) is 7.69. The highest BCUT2D eigenvalue weighted by atomic mass is 35.5. The zero-order valence-electron chi connectivity index (χ0n) is 25.8. The van der Waals surface area contributed by atoms with Crippen LogP contribution in [0.4, 0.5) is 5.69 Å². The quantitative estimate of drug-likeness (QED) is 0.350. The van der Waals surface area contributed by atoms with Crippen molar-refractivity contribution < 1.29 is 29.3 Å². The zero-order valence-corrected chi connectivity index (χ0v) is 26.6. The van der Waals surface area contributed by atoms with E-state index >= 15 is 0 Å². The molecule has 0 saturated heterocycles. The van der Waals surface area contributed by atoms with Crippen molar-refractivity contribution in [2.24, 2.45) is 11.8 Å². The van der Waals surface area contributed by atoms with E-state index in [1.807, 2.05) is 25.1 Å². The Bertz CT molecular complexity index is 1460. The number of aliphatic hydroxyl groups excluding tert-OH is 1. The van der Waals surface area contributed by atoms with Crippen LogP contribution >= 0.6 is 11.6 Å². The van der Waals surface area contributed by atoms with Crippen molar-refractivity contribution in [2.75, 3.05) is 38.8 Å². The van der Waals surface area contributed by atoms with Crippen LogP contribution in [0.1, 0.15) is 62.1 Å². The summed E-state index contributed by atoms with van der Waals surface area (Å²) in [5.74, 6) is -0.238. The van der Waals surface area contributed by atoms with Gasteiger partial charge in [-0.2, -0.15) is 0 Å². The number of hydrogen-bond donors (Lipinski definition) is 2. The molecule has 8 nitrogen and oxygen atoms in total. The standard InChI is InChI=1S/C35H43ClN2O6/c1-22-6-4-8-30(39)27-12-9-24(27)19-38-20-34(15-5-7-23-16-26(36)11-13-28(23)34)21-44-31-14-10-25(17-29(31)38)35(42,33(41)43-3)18-32(40)37(22)2/h4,8,10-11,13-14,16-17,22,24,27,30,39,42H,5-7,9,12,15,18-21H2,1-3H3/b8-4+/t22-,24+,27-,30+,34+,35-/m1/s1. The number of methoxy groups -OCH3 is 1. The SMILES string of the molecule is COC(=O)[C@@]1(O)CC(=O)N(C)[C@H](C)C/C=C/[C@H](O)[C@@H]2CC[C@H]2CN2C[C@@]3(CCCc4cc(Cl)ccc43)COc3ccc1cc32. The topological polar surface area (TPSA) is 99.5 Å². The van der Waals surface area contributed by atoms with Gasteiger partial charge in [0, 0.05) is 36.6 Å². The van der Waals surface area contributed by atoms with Crippen LogP contribution in [0.25, 0.3) is 0 Å². The molecule has 2 bridgehead atoms. The first-order valence-electron chi connectivity index (χ1n) is 15.8. The Labute approximate surface area is 264 Å². The largest absolute Gasteiger partial charge is 0.490 e. The van der Waals surface area contributed by atoms with Crippen LogP contribution in [0.2, 0.25) is 5.02 Å². The fraction of sp³-hybridized carbons (Fsp3) is 0.543. The molecule has 9 heteroatoms. The fourth-order valence-corrected chi connectivity index (χ4v) is 7.89. The van der Waals surface area contributed by atoms with Crippen molar-refractivity contribution in [1.82, 2.24) is 4.90 Å². The Morgan fingerprint density at radius 3 is 2.75 bits per heavy atom. The third kappa shape index (κ3) is 5.50. The summed E-state index contributed by atoms with van der Waals surface area (Å²) in [5.41, 5.74) is 1.07. The van der Waals surface area contributed by atoms with Gasteiger partial charge in [-0.25, -0.2) is 4.79 Å². The molecule has 6 rings (SSSR count). The molecular weight excluding hydrogens is 580 g/mol. The van der Waals surface area contributed by atoms with Gasteiger partial charge in [0.15, 0.2) is 5.60 Å². The normalized spacial score (nSPS) is 32.9. The van der Waals surface area contributed by atoms with Gasteiger partial charge < -0.3 is 29.5 Å². The van der Waals surface area contributed by atoms with Crippen LogP contribution in [0, 0.1) is 11.8 Å². The van der Waals surface area contributed by atoms with E-state index in [-0.39, 0.29) is 34.8 Å². The summed E-state index contributed by atoms with van der Waals surface area (Å²) in [4.78, 5) is 30.5. The zero-order chi connectivity index (χ0) is 31.2. The lowest BCUT2D eigenvalue weighted by molar-refractivity contribution is -0.168. The van der Waals surface area contributed by atoms with E-state index in [2.05, 4.69) is 17.0 Å². The lowest BCUT2D eigenvalue weighted by Crippen LogP contribution is -2.49. The number of amides is 1. The van der Waals surface area contributed by atoms with Crippen molar-refractivity contribution >= 4 is 29.2 Å². The molecule has 1 fully saturated rings. The van der Waals surface area contributed by atoms with Gasteiger partial charge in [0.25, 0.3) is 0 Å². The number of halogens is 1. The molecule has 1 saturated carbocycles. The van der Waals surface area contributed by atoms with Gasteiger partial charge in [-0.15, -0.1) is 0 Å². The van der Waals surface area contributed by atoms with Gasteiger partial charge >= 0.3 is 5.97 Å². The van der Waals surface area contributed by atoms with E-state index in [4.69, 9.17) is 21.1 Å². The van der Waals surface area contributed by atoms with Crippen LogP contribution in [0.5, 0.6) is 5.75 Å². The van der Waals surface area contributed by atoms with E-state index in [9.17, 15) is 19.8 Å². The van der Waals surface area contributed by atoms with Gasteiger partial charge in [-0.05, 0) is 98.2 Å². The smallest absolute Gasteiger partial charge is 0.343 e. The summed E-state index contributed by atoms with van der Waals surface area (Å²) in [7, 11) is 2.89. The minimum Gasteiger partial charge on any atom is -0.490 e. The molecule has 2 aliphatic carbocycles. The molecule has 4 aliphatic rings. The van der Waals surface area contributed by atoms with Gasteiger partial charge in [-0.1, -0.05) is 35.9 Å². The molecule has 2 aliphatic heterocycles. The molecule has 0 radical (unpaired) electrons. The Hall–Kier alpha value is -3.07. The van der Waals surface area contributed by atoms with Crippen LogP contribution < -0.4 is 9.64 Å². The Balaban J connectivity index is 1.47. The van der Waals surface area contributed by atoms with Crippen molar-refractivity contribution in [1.29, 1.82) is 0 Å². The molecule has 6 atom stereocenters. The molecule has 0 aromatic heterocycles. The van der Waals surface area contributed by atoms with Crippen LogP contribution in [0.15, 0.2) is 48.6 Å². The Kier molecular flexibility index (Phi) is 8.46. The summed E-state index contributed by atoms with van der Waals surface area (Å²) in [6.07, 6.45) is 8.18. The summed E-state index contributed by atoms with van der Waals surface area (Å²) in [5, 5.41) is 23.8. The predicted octanol–water partition coefficient (Wildman–Crippen LogP) is 4.76. The predicted molar refractivity (Wildman–Crippen MR) is 169 cm³/mol. The van der Waals surface area contributed by atoms with Crippen molar-refractivity contribution in [3.63, 3.8) is 0 Å². The van der Waals surface area contributed by atoms with E-state index in [0.717, 1.165) is 42.8 Å². The number of aryl methyl sites for hydroxylation is 1. The third-order valence-electron chi connectivity index (χ3n) is 10.7. The molecule has 2 heterocycles.